The lowest BCUT2D eigenvalue weighted by Gasteiger charge is -1.91. The van der Waals surface area contributed by atoms with Gasteiger partial charge in [-0.15, -0.1) is 11.3 Å². The average Bonchev–Trinajstić information content (AvgIpc) is 2.88. The van der Waals surface area contributed by atoms with Gasteiger partial charge in [0.25, 0.3) is 0 Å². The number of thiophene rings is 1. The Morgan fingerprint density at radius 1 is 1.44 bits per heavy atom. The monoisotopic (exact) mass is 234 g/mol. The topological polar surface area (TPSA) is 52.0 Å². The van der Waals surface area contributed by atoms with Gasteiger partial charge in [0.2, 0.25) is 0 Å². The Morgan fingerprint density at radius 2 is 2.38 bits per heavy atom. The minimum absolute atomic E-state index is 0.584. The third-order valence-electron chi connectivity index (χ3n) is 2.90. The molecule has 0 atom stereocenters. The van der Waals surface area contributed by atoms with E-state index in [1.165, 1.54) is 34.6 Å². The smallest absolute Gasteiger partial charge is 0.196 e. The fourth-order valence-corrected chi connectivity index (χ4v) is 3.31. The number of rotatable bonds is 3. The zero-order valence-corrected chi connectivity index (χ0v) is 9.85. The first-order chi connectivity index (χ1) is 7.86. The van der Waals surface area contributed by atoms with E-state index < -0.39 is 0 Å². The number of oxazole rings is 1. The van der Waals surface area contributed by atoms with E-state index in [0.29, 0.717) is 13.0 Å². The lowest BCUT2D eigenvalue weighted by molar-refractivity contribution is 0.509. The molecule has 0 aliphatic heterocycles. The van der Waals surface area contributed by atoms with E-state index in [9.17, 15) is 0 Å². The van der Waals surface area contributed by atoms with Gasteiger partial charge in [0.15, 0.2) is 11.7 Å². The molecule has 0 unspecified atom stereocenters. The van der Waals surface area contributed by atoms with Gasteiger partial charge in [-0.2, -0.15) is 0 Å². The van der Waals surface area contributed by atoms with E-state index in [0.717, 1.165) is 11.7 Å². The Kier molecular flexibility index (Phi) is 2.53. The average molecular weight is 234 g/mol. The third kappa shape index (κ3) is 1.68. The number of nitrogens with zero attached hydrogens (tertiary/aromatic N) is 1. The molecule has 2 heterocycles. The highest BCUT2D eigenvalue weighted by molar-refractivity contribution is 7.15. The van der Waals surface area contributed by atoms with Crippen LogP contribution in [0.2, 0.25) is 0 Å². The van der Waals surface area contributed by atoms with Gasteiger partial charge in [-0.1, -0.05) is 0 Å². The van der Waals surface area contributed by atoms with Crippen LogP contribution in [0, 0.1) is 0 Å². The summed E-state index contributed by atoms with van der Waals surface area (Å²) in [6.45, 7) is 0.584. The van der Waals surface area contributed by atoms with E-state index in [1.54, 1.807) is 0 Å². The minimum atomic E-state index is 0.584. The first-order valence-corrected chi connectivity index (χ1v) is 6.45. The number of aryl methyl sites for hydroxylation is 2. The van der Waals surface area contributed by atoms with Crippen LogP contribution in [-0.2, 0) is 19.3 Å². The summed E-state index contributed by atoms with van der Waals surface area (Å²) in [7, 11) is 0. The SMILES string of the molecule is NCCc1ncc(-c2cc3c(s2)CCC3)o1. The molecule has 4 heteroatoms. The molecule has 0 spiro atoms. The van der Waals surface area contributed by atoms with E-state index in [4.69, 9.17) is 10.2 Å². The van der Waals surface area contributed by atoms with Crippen LogP contribution >= 0.6 is 11.3 Å². The van der Waals surface area contributed by atoms with Crippen molar-refractivity contribution in [1.82, 2.24) is 4.98 Å². The summed E-state index contributed by atoms with van der Waals surface area (Å²) in [6.07, 6.45) is 6.27. The molecular weight excluding hydrogens is 220 g/mol. The van der Waals surface area contributed by atoms with E-state index in [2.05, 4.69) is 11.1 Å². The Balaban J connectivity index is 1.89. The van der Waals surface area contributed by atoms with Crippen molar-refractivity contribution in [3.05, 3.63) is 28.6 Å². The van der Waals surface area contributed by atoms with Gasteiger partial charge in [0.1, 0.15) is 0 Å². The first kappa shape index (κ1) is 10.1. The van der Waals surface area contributed by atoms with Crippen LogP contribution in [-0.4, -0.2) is 11.5 Å². The van der Waals surface area contributed by atoms with Crippen molar-refractivity contribution < 1.29 is 4.42 Å². The van der Waals surface area contributed by atoms with Crippen molar-refractivity contribution in [3.8, 4) is 10.6 Å². The van der Waals surface area contributed by atoms with Crippen molar-refractivity contribution >= 4 is 11.3 Å². The summed E-state index contributed by atoms with van der Waals surface area (Å²) < 4.78 is 5.67. The van der Waals surface area contributed by atoms with E-state index in [-0.39, 0.29) is 0 Å². The Labute approximate surface area is 98.3 Å². The maximum atomic E-state index is 5.67. The Hall–Kier alpha value is -1.13. The number of aromatic nitrogens is 1. The summed E-state index contributed by atoms with van der Waals surface area (Å²) in [5, 5.41) is 0. The van der Waals surface area contributed by atoms with Crippen molar-refractivity contribution in [2.75, 3.05) is 6.54 Å². The van der Waals surface area contributed by atoms with Crippen molar-refractivity contribution in [2.45, 2.75) is 25.7 Å². The maximum absolute atomic E-state index is 5.67. The molecule has 0 aromatic carbocycles. The number of nitrogens with two attached hydrogens (primary N) is 1. The predicted octanol–water partition coefficient (Wildman–Crippen LogP) is 2.39. The Bertz CT molecular complexity index is 479. The highest BCUT2D eigenvalue weighted by Gasteiger charge is 2.17. The second-order valence-corrected chi connectivity index (χ2v) is 5.21. The maximum Gasteiger partial charge on any atom is 0.196 e. The highest BCUT2D eigenvalue weighted by atomic mass is 32.1. The van der Waals surface area contributed by atoms with Crippen LogP contribution in [0.25, 0.3) is 10.6 Å². The molecule has 0 saturated heterocycles. The second kappa shape index (κ2) is 4.03. The molecular formula is C12H14N2OS. The highest BCUT2D eigenvalue weighted by Crippen LogP contribution is 2.36. The molecule has 0 radical (unpaired) electrons. The molecule has 2 aromatic rings. The summed E-state index contributed by atoms with van der Waals surface area (Å²) in [4.78, 5) is 6.95. The van der Waals surface area contributed by atoms with Crippen molar-refractivity contribution in [1.29, 1.82) is 0 Å². The summed E-state index contributed by atoms with van der Waals surface area (Å²) in [6, 6.07) is 2.25. The number of fused-ring (bicyclic) bond motifs is 1. The molecule has 3 rings (SSSR count). The van der Waals surface area contributed by atoms with Crippen LogP contribution < -0.4 is 5.73 Å². The zero-order valence-electron chi connectivity index (χ0n) is 9.03. The van der Waals surface area contributed by atoms with Gasteiger partial charge in [-0.05, 0) is 30.9 Å². The first-order valence-electron chi connectivity index (χ1n) is 5.63. The van der Waals surface area contributed by atoms with Gasteiger partial charge >= 0.3 is 0 Å². The standard InChI is InChI=1S/C12H14N2OS/c13-5-4-12-14-7-9(15-12)11-6-8-2-1-3-10(8)16-11/h6-7H,1-5,13H2. The van der Waals surface area contributed by atoms with Gasteiger partial charge < -0.3 is 10.2 Å². The third-order valence-corrected chi connectivity index (χ3v) is 4.15. The minimum Gasteiger partial charge on any atom is -0.440 e. The molecule has 0 fully saturated rings. The van der Waals surface area contributed by atoms with Gasteiger partial charge in [-0.25, -0.2) is 4.98 Å². The van der Waals surface area contributed by atoms with Crippen LogP contribution in [0.15, 0.2) is 16.7 Å². The quantitative estimate of drug-likeness (QED) is 0.887. The number of hydrogen-bond donors (Lipinski definition) is 1. The predicted molar refractivity (Wildman–Crippen MR) is 64.6 cm³/mol. The largest absolute Gasteiger partial charge is 0.440 e. The van der Waals surface area contributed by atoms with Crippen molar-refractivity contribution in [2.24, 2.45) is 5.73 Å². The molecule has 2 N–H and O–H groups in total. The van der Waals surface area contributed by atoms with Crippen LogP contribution in [0.3, 0.4) is 0 Å². The Morgan fingerprint density at radius 3 is 3.19 bits per heavy atom. The van der Waals surface area contributed by atoms with Crippen molar-refractivity contribution in [3.63, 3.8) is 0 Å². The van der Waals surface area contributed by atoms with E-state index in [1.807, 2.05) is 17.5 Å². The molecule has 2 aromatic heterocycles. The molecule has 0 amide bonds. The summed E-state index contributed by atoms with van der Waals surface area (Å²) in [5.41, 5.74) is 6.97. The normalized spacial score (nSPS) is 14.3. The van der Waals surface area contributed by atoms with Crippen LogP contribution in [0.5, 0.6) is 0 Å². The van der Waals surface area contributed by atoms with Gasteiger partial charge in [-0.3, -0.25) is 0 Å². The van der Waals surface area contributed by atoms with E-state index >= 15 is 0 Å². The van der Waals surface area contributed by atoms with Crippen LogP contribution in [0.1, 0.15) is 22.8 Å². The van der Waals surface area contributed by atoms with Gasteiger partial charge in [0.05, 0.1) is 11.1 Å². The molecule has 16 heavy (non-hydrogen) atoms. The molecule has 3 nitrogen and oxygen atoms in total. The zero-order chi connectivity index (χ0) is 11.0. The fourth-order valence-electron chi connectivity index (χ4n) is 2.11. The fraction of sp³-hybridized carbons (Fsp3) is 0.417. The summed E-state index contributed by atoms with van der Waals surface area (Å²) in [5.74, 6) is 1.63. The molecule has 84 valence electrons. The molecule has 0 bridgehead atoms. The number of hydrogen-bond acceptors (Lipinski definition) is 4. The molecule has 1 aliphatic rings. The molecule has 1 aliphatic carbocycles. The lowest BCUT2D eigenvalue weighted by Crippen LogP contribution is -2.02. The van der Waals surface area contributed by atoms with Crippen LogP contribution in [0.4, 0.5) is 0 Å². The summed E-state index contributed by atoms with van der Waals surface area (Å²) >= 11 is 1.84. The lowest BCUT2D eigenvalue weighted by atomic mass is 10.2. The molecule has 0 saturated carbocycles. The second-order valence-electron chi connectivity index (χ2n) is 4.07. The van der Waals surface area contributed by atoms with Gasteiger partial charge in [0, 0.05) is 17.8 Å².